The van der Waals surface area contributed by atoms with Crippen LogP contribution >= 0.6 is 0 Å². The zero-order valence-corrected chi connectivity index (χ0v) is 23.0. The lowest BCUT2D eigenvalue weighted by Gasteiger charge is -2.30. The van der Waals surface area contributed by atoms with E-state index >= 15 is 0 Å². The highest BCUT2D eigenvalue weighted by Crippen LogP contribution is 2.25. The number of hydrogen-bond donors (Lipinski definition) is 2. The number of amides is 2. The van der Waals surface area contributed by atoms with E-state index in [0.717, 1.165) is 25.2 Å². The molecule has 0 saturated heterocycles. The Kier molecular flexibility index (Phi) is 10.1. The van der Waals surface area contributed by atoms with Crippen LogP contribution in [0.25, 0.3) is 0 Å². The molecule has 0 saturated carbocycles. The molecule has 2 N–H and O–H groups in total. The van der Waals surface area contributed by atoms with Gasteiger partial charge in [-0.3, -0.25) is 9.59 Å². The Morgan fingerprint density at radius 1 is 0.758 bits per heavy atom. The largest absolute Gasteiger partial charge is 0.351 e. The molecule has 6 heteroatoms. The van der Waals surface area contributed by atoms with E-state index in [1.54, 1.807) is 6.07 Å². The summed E-state index contributed by atoms with van der Waals surface area (Å²) in [7, 11) is 6.15. The van der Waals surface area contributed by atoms with Crippen molar-refractivity contribution < 1.29 is 9.59 Å². The Morgan fingerprint density at radius 3 is 1.55 bits per heavy atom. The van der Waals surface area contributed by atoms with Crippen LogP contribution in [0, 0.1) is 10.8 Å². The average Bonchev–Trinajstić information content (AvgIpc) is 2.68. The van der Waals surface area contributed by atoms with Crippen LogP contribution < -0.4 is 10.6 Å². The lowest BCUT2D eigenvalue weighted by molar-refractivity contribution is 0.0926. The monoisotopic (exact) mass is 460 g/mol. The van der Waals surface area contributed by atoms with Gasteiger partial charge >= 0.3 is 0 Å². The van der Waals surface area contributed by atoms with Gasteiger partial charge < -0.3 is 20.4 Å². The Labute approximate surface area is 202 Å². The van der Waals surface area contributed by atoms with E-state index in [2.05, 4.69) is 82.9 Å². The van der Waals surface area contributed by atoms with Gasteiger partial charge in [0.05, 0.1) is 0 Å². The van der Waals surface area contributed by atoms with E-state index in [9.17, 15) is 9.59 Å². The lowest BCUT2D eigenvalue weighted by Crippen LogP contribution is -2.41. The summed E-state index contributed by atoms with van der Waals surface area (Å²) >= 11 is 0. The second-order valence-electron chi connectivity index (χ2n) is 12.3. The van der Waals surface area contributed by atoms with Crippen LogP contribution in [0.4, 0.5) is 0 Å². The average molecular weight is 461 g/mol. The van der Waals surface area contributed by atoms with Gasteiger partial charge in [0.15, 0.2) is 0 Å². The van der Waals surface area contributed by atoms with E-state index in [1.807, 2.05) is 26.2 Å². The molecule has 0 aliphatic rings. The van der Waals surface area contributed by atoms with Gasteiger partial charge in [0.1, 0.15) is 0 Å². The minimum absolute atomic E-state index is 0.0553. The van der Waals surface area contributed by atoms with Crippen molar-refractivity contribution in [1.82, 2.24) is 20.4 Å². The quantitative estimate of drug-likeness (QED) is 0.524. The molecule has 0 radical (unpaired) electrons. The molecule has 0 bridgehead atoms. The maximum Gasteiger partial charge on any atom is 0.251 e. The van der Waals surface area contributed by atoms with Crippen molar-refractivity contribution in [2.45, 2.75) is 60.8 Å². The molecule has 0 spiro atoms. The summed E-state index contributed by atoms with van der Waals surface area (Å²) in [5.41, 5.74) is 1.73. The molecule has 0 atom stereocenters. The first-order valence-corrected chi connectivity index (χ1v) is 12.0. The Balaban J connectivity index is 3.07. The maximum absolute atomic E-state index is 13.1. The van der Waals surface area contributed by atoms with Crippen molar-refractivity contribution in [2.24, 2.45) is 10.8 Å². The van der Waals surface area contributed by atoms with E-state index < -0.39 is 0 Å². The highest BCUT2D eigenvalue weighted by molar-refractivity contribution is 6.00. The molecule has 0 aromatic heterocycles. The summed E-state index contributed by atoms with van der Waals surface area (Å²) in [5.74, 6) is -0.290. The van der Waals surface area contributed by atoms with Gasteiger partial charge in [-0.1, -0.05) is 55.4 Å². The lowest BCUT2D eigenvalue weighted by atomic mass is 9.84. The fourth-order valence-corrected chi connectivity index (χ4v) is 3.98. The molecule has 0 fully saturated rings. The zero-order chi connectivity index (χ0) is 25.6. The van der Waals surface area contributed by atoms with Gasteiger partial charge in [-0.25, -0.2) is 0 Å². The van der Waals surface area contributed by atoms with Crippen LogP contribution in [-0.4, -0.2) is 75.5 Å². The summed E-state index contributed by atoms with van der Waals surface area (Å²) in [6.07, 6.45) is 0. The molecule has 1 rings (SSSR count). The van der Waals surface area contributed by atoms with Crippen LogP contribution in [0.5, 0.6) is 0 Å². The number of hydrogen-bond acceptors (Lipinski definition) is 4. The van der Waals surface area contributed by atoms with Crippen molar-refractivity contribution >= 4 is 11.8 Å². The van der Waals surface area contributed by atoms with Crippen LogP contribution in [-0.2, 0) is 5.41 Å². The molecule has 6 nitrogen and oxygen atoms in total. The Hall–Kier alpha value is -1.92. The Morgan fingerprint density at radius 2 is 1.18 bits per heavy atom. The van der Waals surface area contributed by atoms with Crippen LogP contribution in [0.15, 0.2) is 18.2 Å². The molecule has 33 heavy (non-hydrogen) atoms. The SMILES string of the molecule is CCN(C)CC(C)(C)CNC(=O)c1cc(C(=O)NCC(C)(C)CN(C)C)cc(C(C)(C)C)c1. The third kappa shape index (κ3) is 10.3. The molecule has 1 aromatic rings. The van der Waals surface area contributed by atoms with Crippen molar-refractivity contribution in [3.05, 3.63) is 34.9 Å². The summed E-state index contributed by atoms with van der Waals surface area (Å²) in [6, 6.07) is 5.53. The molecule has 2 amide bonds. The molecule has 0 aliphatic heterocycles. The maximum atomic E-state index is 13.1. The van der Waals surface area contributed by atoms with Gasteiger partial charge in [-0.2, -0.15) is 0 Å². The predicted molar refractivity (Wildman–Crippen MR) is 139 cm³/mol. The Bertz CT molecular complexity index is 807. The van der Waals surface area contributed by atoms with Gasteiger partial charge in [0.25, 0.3) is 11.8 Å². The van der Waals surface area contributed by atoms with Crippen molar-refractivity contribution in [2.75, 3.05) is 53.9 Å². The molecule has 1 aromatic carbocycles. The zero-order valence-electron chi connectivity index (χ0n) is 23.0. The van der Waals surface area contributed by atoms with Crippen LogP contribution in [0.2, 0.25) is 0 Å². The van der Waals surface area contributed by atoms with Crippen molar-refractivity contribution in [1.29, 1.82) is 0 Å². The number of nitrogens with zero attached hydrogens (tertiary/aromatic N) is 2. The second kappa shape index (κ2) is 11.5. The highest BCUT2D eigenvalue weighted by atomic mass is 16.2. The number of carbonyl (C=O) groups is 2. The first kappa shape index (κ1) is 29.1. The minimum atomic E-state index is -0.182. The van der Waals surface area contributed by atoms with Crippen molar-refractivity contribution in [3.8, 4) is 0 Å². The van der Waals surface area contributed by atoms with Crippen molar-refractivity contribution in [3.63, 3.8) is 0 Å². The van der Waals surface area contributed by atoms with Gasteiger partial charge in [-0.05, 0) is 67.7 Å². The topological polar surface area (TPSA) is 64.7 Å². The normalized spacial score (nSPS) is 12.9. The van der Waals surface area contributed by atoms with Crippen LogP contribution in [0.1, 0.15) is 81.7 Å². The summed E-state index contributed by atoms with van der Waals surface area (Å²) in [5, 5.41) is 6.16. The molecular weight excluding hydrogens is 412 g/mol. The van der Waals surface area contributed by atoms with Crippen LogP contribution in [0.3, 0.4) is 0 Å². The molecule has 188 valence electrons. The predicted octanol–water partition coefficient (Wildman–Crippen LogP) is 4.01. The van der Waals surface area contributed by atoms with E-state index in [4.69, 9.17) is 0 Å². The number of benzene rings is 1. The second-order valence-corrected chi connectivity index (χ2v) is 12.3. The first-order valence-electron chi connectivity index (χ1n) is 12.0. The molecule has 0 heterocycles. The van der Waals surface area contributed by atoms with E-state index in [0.29, 0.717) is 24.2 Å². The molecular formula is C27H48N4O2. The minimum Gasteiger partial charge on any atom is -0.351 e. The van der Waals surface area contributed by atoms with Gasteiger partial charge in [0, 0.05) is 37.3 Å². The van der Waals surface area contributed by atoms with E-state index in [1.165, 1.54) is 0 Å². The summed E-state index contributed by atoms with van der Waals surface area (Å²) in [6.45, 7) is 20.8. The number of nitrogens with one attached hydrogen (secondary N) is 2. The van der Waals surface area contributed by atoms with E-state index in [-0.39, 0.29) is 28.1 Å². The fraction of sp³-hybridized carbons (Fsp3) is 0.704. The summed E-state index contributed by atoms with van der Waals surface area (Å²) < 4.78 is 0. The molecule has 0 unspecified atom stereocenters. The first-order chi connectivity index (χ1) is 15.0. The third-order valence-corrected chi connectivity index (χ3v) is 5.76. The van der Waals surface area contributed by atoms with Gasteiger partial charge in [-0.15, -0.1) is 0 Å². The smallest absolute Gasteiger partial charge is 0.251 e. The third-order valence-electron chi connectivity index (χ3n) is 5.76. The van der Waals surface area contributed by atoms with Gasteiger partial charge in [0.2, 0.25) is 0 Å². The standard InChI is InChI=1S/C27H48N4O2/c1-12-31(11)19-27(7,8)17-29-24(33)21-13-20(14-22(15-21)25(2,3)4)23(32)28-16-26(5,6)18-30(9)10/h13-15H,12,16-19H2,1-11H3,(H,28,32)(H,29,33). The number of carbonyl (C=O) groups excluding carboxylic acids is 2. The highest BCUT2D eigenvalue weighted by Gasteiger charge is 2.24. The number of rotatable bonds is 11. The molecule has 0 aliphatic carbocycles. The summed E-state index contributed by atoms with van der Waals surface area (Å²) in [4.78, 5) is 30.5. The fourth-order valence-electron chi connectivity index (χ4n) is 3.98.